The smallest absolute Gasteiger partial charge is 0.246 e. The van der Waals surface area contributed by atoms with E-state index in [-0.39, 0.29) is 53.7 Å². The number of para-hydroxylation sites is 1. The average Bonchev–Trinajstić information content (AvgIpc) is 3.55. The molecule has 1 heterocycles. The lowest BCUT2D eigenvalue weighted by molar-refractivity contribution is -0.155. The Morgan fingerprint density at radius 1 is 0.636 bits per heavy atom. The van der Waals surface area contributed by atoms with Crippen LogP contribution in [0, 0.1) is 23.7 Å². The van der Waals surface area contributed by atoms with E-state index in [4.69, 9.17) is 0 Å². The van der Waals surface area contributed by atoms with Gasteiger partial charge in [-0.15, -0.1) is 0 Å². The molecule has 55 heavy (non-hydrogen) atoms. The molecule has 0 aliphatic carbocycles. The van der Waals surface area contributed by atoms with E-state index in [1.165, 1.54) is 14.7 Å². The zero-order chi connectivity index (χ0) is 41.1. The van der Waals surface area contributed by atoms with Gasteiger partial charge < -0.3 is 35.6 Å². The number of hydrogen-bond donors (Lipinski definition) is 4. The van der Waals surface area contributed by atoms with Crippen molar-refractivity contribution in [1.29, 1.82) is 0 Å². The summed E-state index contributed by atoms with van der Waals surface area (Å²) >= 11 is 0. The quantitative estimate of drug-likeness (QED) is 0.144. The summed E-state index contributed by atoms with van der Waals surface area (Å²) in [4.78, 5) is 77.8. The van der Waals surface area contributed by atoms with Crippen LogP contribution in [-0.2, 0) is 36.8 Å². The molecule has 0 bridgehead atoms. The summed E-state index contributed by atoms with van der Waals surface area (Å²) in [6, 6.07) is 13.5. The van der Waals surface area contributed by atoms with Crippen LogP contribution in [0.2, 0.25) is 0 Å². The van der Waals surface area contributed by atoms with Gasteiger partial charge in [-0.1, -0.05) is 104 Å². The van der Waals surface area contributed by atoms with Crippen molar-refractivity contribution in [2.75, 3.05) is 34.7 Å². The van der Waals surface area contributed by atoms with E-state index in [0.717, 1.165) is 22.0 Å². The summed E-state index contributed by atoms with van der Waals surface area (Å²) in [6.45, 7) is 15.4. The second kappa shape index (κ2) is 20.3. The fourth-order valence-electron chi connectivity index (χ4n) is 7.40. The summed E-state index contributed by atoms with van der Waals surface area (Å²) in [6.07, 6.45) is 2.84. The van der Waals surface area contributed by atoms with Crippen LogP contribution < -0.4 is 16.0 Å². The van der Waals surface area contributed by atoms with Crippen LogP contribution in [0.25, 0.3) is 10.9 Å². The number of H-pyrrole nitrogens is 1. The minimum Gasteiger partial charge on any atom is -0.361 e. The maximum atomic E-state index is 14.5. The predicted molar refractivity (Wildman–Crippen MR) is 219 cm³/mol. The van der Waals surface area contributed by atoms with Crippen LogP contribution in [0.15, 0.2) is 60.8 Å². The number of nitrogens with zero attached hydrogens (tertiary/aromatic N) is 3. The maximum Gasteiger partial charge on any atom is 0.246 e. The van der Waals surface area contributed by atoms with Gasteiger partial charge in [0.05, 0.1) is 6.04 Å². The lowest BCUT2D eigenvalue weighted by Gasteiger charge is -2.40. The minimum absolute atomic E-state index is 0.00316. The Hall–Kier alpha value is -4.71. The van der Waals surface area contributed by atoms with Crippen molar-refractivity contribution in [3.8, 4) is 0 Å². The highest BCUT2D eigenvalue weighted by Gasteiger charge is 2.42. The van der Waals surface area contributed by atoms with Crippen molar-refractivity contribution in [2.45, 2.75) is 98.4 Å². The van der Waals surface area contributed by atoms with Crippen LogP contribution >= 0.6 is 0 Å². The number of rotatable bonds is 19. The van der Waals surface area contributed by atoms with E-state index < -0.39 is 36.1 Å². The number of carbonyl (C=O) groups excluding carboxylic acids is 5. The Bertz CT molecular complexity index is 1740. The third-order valence-electron chi connectivity index (χ3n) is 10.5. The molecule has 12 heteroatoms. The van der Waals surface area contributed by atoms with Gasteiger partial charge in [-0.05, 0) is 54.3 Å². The number of amides is 5. The Labute approximate surface area is 328 Å². The molecule has 0 fully saturated rings. The molecule has 12 nitrogen and oxygen atoms in total. The first-order chi connectivity index (χ1) is 25.9. The zero-order valence-corrected chi connectivity index (χ0v) is 35.0. The van der Waals surface area contributed by atoms with Gasteiger partial charge >= 0.3 is 0 Å². The SMILES string of the molecule is CN[C@H](C(=O)N[C@H](C(=O)N(C)[C@H](C(=O)N(C)[C@H](C(=O)N(C)[C@@H](Cc1ccccc1)C(=O)NCCc1c[nH]c2ccccc12)C(C)C)C(C)C)C(C)C)C(C)C. The molecule has 302 valence electrons. The molecule has 0 unspecified atom stereocenters. The Kier molecular flexibility index (Phi) is 16.5. The summed E-state index contributed by atoms with van der Waals surface area (Å²) in [5.41, 5.74) is 3.01. The van der Waals surface area contributed by atoms with Crippen molar-refractivity contribution in [3.05, 3.63) is 71.9 Å². The van der Waals surface area contributed by atoms with E-state index in [1.807, 2.05) is 116 Å². The van der Waals surface area contributed by atoms with Gasteiger partial charge in [-0.25, -0.2) is 0 Å². The lowest BCUT2D eigenvalue weighted by Crippen LogP contribution is -2.62. The van der Waals surface area contributed by atoms with E-state index in [0.29, 0.717) is 13.0 Å². The maximum absolute atomic E-state index is 14.5. The normalized spacial score (nSPS) is 14.4. The number of benzene rings is 2. The van der Waals surface area contributed by atoms with Crippen LogP contribution in [-0.4, -0.2) is 114 Å². The van der Waals surface area contributed by atoms with Crippen molar-refractivity contribution >= 4 is 40.4 Å². The highest BCUT2D eigenvalue weighted by atomic mass is 16.2. The van der Waals surface area contributed by atoms with E-state index in [1.54, 1.807) is 28.2 Å². The number of nitrogens with one attached hydrogen (secondary N) is 4. The average molecular weight is 760 g/mol. The first-order valence-electron chi connectivity index (χ1n) is 19.6. The van der Waals surface area contributed by atoms with Gasteiger partial charge in [-0.3, -0.25) is 24.0 Å². The fourth-order valence-corrected chi connectivity index (χ4v) is 7.40. The Morgan fingerprint density at radius 2 is 1.16 bits per heavy atom. The van der Waals surface area contributed by atoms with E-state index >= 15 is 0 Å². The Balaban J connectivity index is 1.85. The molecule has 5 atom stereocenters. The second-order valence-electron chi connectivity index (χ2n) is 16.1. The van der Waals surface area contributed by atoms with Crippen molar-refractivity contribution in [2.24, 2.45) is 23.7 Å². The van der Waals surface area contributed by atoms with Crippen LogP contribution in [0.4, 0.5) is 0 Å². The van der Waals surface area contributed by atoms with Crippen LogP contribution in [0.5, 0.6) is 0 Å². The van der Waals surface area contributed by atoms with Crippen LogP contribution in [0.1, 0.15) is 66.5 Å². The highest BCUT2D eigenvalue weighted by molar-refractivity contribution is 5.96. The van der Waals surface area contributed by atoms with Crippen LogP contribution in [0.3, 0.4) is 0 Å². The topological polar surface area (TPSA) is 147 Å². The molecule has 0 saturated carbocycles. The van der Waals surface area contributed by atoms with Gasteiger partial charge in [0.15, 0.2) is 0 Å². The number of aromatic amines is 1. The number of carbonyl (C=O) groups is 5. The largest absolute Gasteiger partial charge is 0.361 e. The van der Waals surface area contributed by atoms with Gasteiger partial charge in [0.25, 0.3) is 0 Å². The summed E-state index contributed by atoms with van der Waals surface area (Å²) < 4.78 is 0. The molecule has 5 amide bonds. The predicted octanol–water partition coefficient (Wildman–Crippen LogP) is 4.25. The molecular formula is C43H65N7O5. The molecule has 0 saturated heterocycles. The second-order valence-corrected chi connectivity index (χ2v) is 16.1. The third kappa shape index (κ3) is 11.2. The Morgan fingerprint density at radius 3 is 1.71 bits per heavy atom. The molecule has 0 spiro atoms. The number of aromatic nitrogens is 1. The molecule has 0 aliphatic heterocycles. The molecular weight excluding hydrogens is 695 g/mol. The monoisotopic (exact) mass is 760 g/mol. The summed E-state index contributed by atoms with van der Waals surface area (Å²) in [7, 11) is 6.48. The van der Waals surface area contributed by atoms with E-state index in [9.17, 15) is 24.0 Å². The number of hydrogen-bond acceptors (Lipinski definition) is 6. The van der Waals surface area contributed by atoms with Crippen molar-refractivity contribution in [1.82, 2.24) is 35.6 Å². The third-order valence-corrected chi connectivity index (χ3v) is 10.5. The fraction of sp³-hybridized carbons (Fsp3) is 0.558. The molecule has 0 aliphatic rings. The first kappa shape index (κ1) is 44.7. The molecule has 4 N–H and O–H groups in total. The molecule has 3 rings (SSSR count). The number of likely N-dealkylation sites (N-methyl/N-ethyl adjacent to an activating group) is 4. The van der Waals surface area contributed by atoms with Gasteiger partial charge in [0, 0.05) is 51.2 Å². The minimum atomic E-state index is -0.928. The highest BCUT2D eigenvalue weighted by Crippen LogP contribution is 2.22. The van der Waals surface area contributed by atoms with E-state index in [2.05, 4.69) is 20.9 Å². The van der Waals surface area contributed by atoms with Gasteiger partial charge in [-0.2, -0.15) is 0 Å². The standard InChI is InChI=1S/C43H65N7O5/c1-26(2)35(44-9)40(52)47-36(27(3)4)41(53)49(11)38(29(7)8)43(55)50(12)37(28(5)6)42(54)48(10)34(24-30-18-14-13-15-19-30)39(51)45-23-22-31-25-46-33-21-17-16-20-32(31)33/h13-21,25-29,34-38,44,46H,22-24H2,1-12H3,(H,45,51)(H,47,52)/t34-,35-,36-,37-,38-/m0/s1. The summed E-state index contributed by atoms with van der Waals surface area (Å²) in [5.74, 6) is -2.65. The van der Waals surface area contributed by atoms with Gasteiger partial charge in [0.2, 0.25) is 29.5 Å². The molecule has 0 radical (unpaired) electrons. The molecule has 3 aromatic rings. The van der Waals surface area contributed by atoms with Crippen molar-refractivity contribution in [3.63, 3.8) is 0 Å². The molecule has 2 aromatic carbocycles. The lowest BCUT2D eigenvalue weighted by atomic mass is 9.94. The summed E-state index contributed by atoms with van der Waals surface area (Å²) in [5, 5.41) is 10.1. The first-order valence-corrected chi connectivity index (χ1v) is 19.6. The molecule has 1 aromatic heterocycles. The van der Waals surface area contributed by atoms with Crippen molar-refractivity contribution < 1.29 is 24.0 Å². The zero-order valence-electron chi connectivity index (χ0n) is 35.0. The number of fused-ring (bicyclic) bond motifs is 1. The van der Waals surface area contributed by atoms with Gasteiger partial charge in [0.1, 0.15) is 24.2 Å².